The molecule has 1 amide bonds. The number of nitrogens with one attached hydrogen (secondary N) is 1. The van der Waals surface area contributed by atoms with Gasteiger partial charge in [-0.2, -0.15) is 0 Å². The fraction of sp³-hybridized carbons (Fsp3) is 0.625. The second-order valence-electron chi connectivity index (χ2n) is 6.68. The Kier molecular flexibility index (Phi) is 5.93. The quantitative estimate of drug-likeness (QED) is 0.819. The van der Waals surface area contributed by atoms with Crippen LogP contribution in [0.3, 0.4) is 0 Å². The molecular weight excluding hydrogens is 264 g/mol. The van der Waals surface area contributed by atoms with Crippen molar-refractivity contribution >= 4 is 19.3 Å². The Bertz CT molecular complexity index is 428. The number of nitrogens with zero attached hydrogens (tertiary/aromatic N) is 1. The zero-order chi connectivity index (χ0) is 15.2. The summed E-state index contributed by atoms with van der Waals surface area (Å²) in [6.07, 6.45) is 5.26. The Morgan fingerprint density at radius 3 is 2.55 bits per heavy atom. The molecule has 1 rings (SSSR count). The molecule has 1 aromatic rings. The maximum Gasteiger partial charge on any atom is 0.219 e. The number of amides is 1. The van der Waals surface area contributed by atoms with Crippen LogP contribution in [0.1, 0.15) is 47.0 Å². The number of hydrogen-bond acceptors (Lipinski definition) is 2. The van der Waals surface area contributed by atoms with Gasteiger partial charge >= 0.3 is 0 Å². The molecule has 1 aromatic heterocycles. The van der Waals surface area contributed by atoms with E-state index in [1.807, 2.05) is 18.3 Å². The highest BCUT2D eigenvalue weighted by Crippen LogP contribution is 2.34. The summed E-state index contributed by atoms with van der Waals surface area (Å²) < 4.78 is 0. The zero-order valence-electron chi connectivity index (χ0n) is 13.5. The molecule has 0 aliphatic carbocycles. The van der Waals surface area contributed by atoms with Crippen LogP contribution in [0.25, 0.3) is 0 Å². The molecule has 1 N–H and O–H groups in total. The summed E-state index contributed by atoms with van der Waals surface area (Å²) in [5.74, 6) is 0.172. The van der Waals surface area contributed by atoms with Crippen LogP contribution in [0.15, 0.2) is 24.4 Å². The van der Waals surface area contributed by atoms with Gasteiger partial charge in [0.05, 0.1) is 0 Å². The van der Waals surface area contributed by atoms with Gasteiger partial charge in [-0.15, -0.1) is 0 Å². The first kappa shape index (κ1) is 16.9. The first-order chi connectivity index (χ1) is 9.31. The highest BCUT2D eigenvalue weighted by atomic mass is 28.3. The summed E-state index contributed by atoms with van der Waals surface area (Å²) in [5.41, 5.74) is 0. The Hall–Kier alpha value is -1.16. The van der Waals surface area contributed by atoms with Crippen molar-refractivity contribution in [1.82, 2.24) is 10.3 Å². The summed E-state index contributed by atoms with van der Waals surface area (Å²) in [4.78, 5) is 16.5. The van der Waals surface area contributed by atoms with Crippen molar-refractivity contribution in [3.05, 3.63) is 24.4 Å². The number of carbonyl (C=O) groups is 1. The third-order valence-corrected chi connectivity index (χ3v) is 9.90. The Morgan fingerprint density at radius 2 is 2.05 bits per heavy atom. The van der Waals surface area contributed by atoms with Crippen LogP contribution in [0.5, 0.6) is 0 Å². The minimum atomic E-state index is -1.87. The molecule has 0 radical (unpaired) electrons. The molecule has 4 heteroatoms. The lowest BCUT2D eigenvalue weighted by Gasteiger charge is -2.39. The molecule has 0 aliphatic rings. The van der Waals surface area contributed by atoms with Crippen LogP contribution in [-0.4, -0.2) is 25.1 Å². The van der Waals surface area contributed by atoms with E-state index in [0.717, 1.165) is 19.0 Å². The fourth-order valence-corrected chi connectivity index (χ4v) is 4.98. The largest absolute Gasteiger partial charge is 0.359 e. The maximum atomic E-state index is 11.9. The number of unbranched alkanes of at least 4 members (excludes halogenated alkanes) is 1. The Labute approximate surface area is 124 Å². The highest BCUT2D eigenvalue weighted by Gasteiger charge is 2.43. The maximum absolute atomic E-state index is 11.9. The first-order valence-electron chi connectivity index (χ1n) is 7.49. The van der Waals surface area contributed by atoms with Gasteiger partial charge in [-0.1, -0.05) is 46.7 Å². The van der Waals surface area contributed by atoms with Gasteiger partial charge in [-0.25, -0.2) is 0 Å². The minimum Gasteiger partial charge on any atom is -0.359 e. The molecule has 112 valence electrons. The molecule has 0 fully saturated rings. The van der Waals surface area contributed by atoms with Crippen molar-refractivity contribution in [3.63, 3.8) is 0 Å². The molecule has 0 bridgehead atoms. The monoisotopic (exact) mass is 292 g/mol. The van der Waals surface area contributed by atoms with E-state index >= 15 is 0 Å². The van der Waals surface area contributed by atoms with E-state index in [1.165, 1.54) is 5.32 Å². The molecule has 1 heterocycles. The molecule has 0 saturated heterocycles. The number of hydrogen-bond donors (Lipinski definition) is 1. The van der Waals surface area contributed by atoms with Crippen molar-refractivity contribution in [2.75, 3.05) is 6.17 Å². The normalized spacial score (nSPS) is 14.7. The molecule has 3 nitrogen and oxygen atoms in total. The lowest BCUT2D eigenvalue weighted by atomic mass is 10.2. The second kappa shape index (κ2) is 7.02. The number of aromatic nitrogens is 1. The van der Waals surface area contributed by atoms with Gasteiger partial charge in [-0.05, 0) is 23.6 Å². The fourth-order valence-electron chi connectivity index (χ4n) is 2.13. The van der Waals surface area contributed by atoms with E-state index in [1.54, 1.807) is 0 Å². The van der Waals surface area contributed by atoms with Crippen molar-refractivity contribution in [2.24, 2.45) is 0 Å². The molecule has 0 aliphatic heterocycles. The number of pyridine rings is 1. The van der Waals surface area contributed by atoms with E-state index in [0.29, 0.717) is 6.42 Å². The summed E-state index contributed by atoms with van der Waals surface area (Å²) in [7, 11) is -1.87. The van der Waals surface area contributed by atoms with Crippen molar-refractivity contribution in [1.29, 1.82) is 0 Å². The minimum absolute atomic E-state index is 0.152. The molecule has 1 atom stereocenters. The van der Waals surface area contributed by atoms with Crippen LogP contribution in [0, 0.1) is 0 Å². The average molecular weight is 292 g/mol. The standard InChI is InChI=1S/C16H28N2OSi/c1-6-7-10-14(19)18-13-20(5,16(2,3)4)15-11-8-9-12-17-15/h8-9,11-12H,6-7,10,13H2,1-5H3,(H,18,19). The van der Waals surface area contributed by atoms with E-state index in [9.17, 15) is 4.79 Å². The van der Waals surface area contributed by atoms with Gasteiger partial charge in [0, 0.05) is 24.1 Å². The lowest BCUT2D eigenvalue weighted by Crippen LogP contribution is -2.61. The van der Waals surface area contributed by atoms with Crippen LogP contribution in [-0.2, 0) is 4.79 Å². The third-order valence-electron chi connectivity index (χ3n) is 4.28. The zero-order valence-corrected chi connectivity index (χ0v) is 14.5. The van der Waals surface area contributed by atoms with Crippen molar-refractivity contribution < 1.29 is 4.79 Å². The molecule has 20 heavy (non-hydrogen) atoms. The first-order valence-corrected chi connectivity index (χ1v) is 10.2. The Morgan fingerprint density at radius 1 is 1.35 bits per heavy atom. The summed E-state index contributed by atoms with van der Waals surface area (Å²) in [6, 6.07) is 6.09. The highest BCUT2D eigenvalue weighted by molar-refractivity contribution is 6.92. The average Bonchev–Trinajstić information content (AvgIpc) is 2.42. The summed E-state index contributed by atoms with van der Waals surface area (Å²) in [6.45, 7) is 11.2. The van der Waals surface area contributed by atoms with Crippen LogP contribution in [0.2, 0.25) is 11.6 Å². The van der Waals surface area contributed by atoms with Gasteiger partial charge in [0.2, 0.25) is 5.91 Å². The molecule has 0 aromatic carbocycles. The molecular formula is C16H28N2OSi. The number of carbonyl (C=O) groups excluding carboxylic acids is 1. The van der Waals surface area contributed by atoms with Gasteiger partial charge in [-0.3, -0.25) is 9.78 Å². The van der Waals surface area contributed by atoms with Gasteiger partial charge in [0.15, 0.2) is 0 Å². The van der Waals surface area contributed by atoms with E-state index in [-0.39, 0.29) is 10.9 Å². The number of rotatable bonds is 6. The van der Waals surface area contributed by atoms with Crippen LogP contribution in [0.4, 0.5) is 0 Å². The lowest BCUT2D eigenvalue weighted by molar-refractivity contribution is -0.120. The van der Waals surface area contributed by atoms with E-state index in [2.05, 4.69) is 50.6 Å². The van der Waals surface area contributed by atoms with Gasteiger partial charge in [0.25, 0.3) is 0 Å². The topological polar surface area (TPSA) is 42.0 Å². The molecule has 0 saturated carbocycles. The van der Waals surface area contributed by atoms with Crippen molar-refractivity contribution in [3.8, 4) is 0 Å². The SMILES string of the molecule is CCCCC(=O)NC[Si](C)(c1ccccn1)C(C)(C)C. The molecule has 1 unspecified atom stereocenters. The van der Waals surface area contributed by atoms with Crippen molar-refractivity contribution in [2.45, 2.75) is 58.5 Å². The summed E-state index contributed by atoms with van der Waals surface area (Å²) >= 11 is 0. The van der Waals surface area contributed by atoms with Crippen LogP contribution >= 0.6 is 0 Å². The second-order valence-corrected chi connectivity index (χ2v) is 11.7. The Balaban J connectivity index is 2.84. The van der Waals surface area contributed by atoms with E-state index < -0.39 is 8.07 Å². The van der Waals surface area contributed by atoms with Crippen LogP contribution < -0.4 is 10.6 Å². The third kappa shape index (κ3) is 4.17. The molecule has 0 spiro atoms. The van der Waals surface area contributed by atoms with Gasteiger partial charge < -0.3 is 5.32 Å². The van der Waals surface area contributed by atoms with Gasteiger partial charge in [0.1, 0.15) is 8.07 Å². The smallest absolute Gasteiger partial charge is 0.219 e. The van der Waals surface area contributed by atoms with E-state index in [4.69, 9.17) is 0 Å². The predicted octanol–water partition coefficient (Wildman–Crippen LogP) is 3.01. The predicted molar refractivity (Wildman–Crippen MR) is 87.7 cm³/mol. The summed E-state index contributed by atoms with van der Waals surface area (Å²) in [5, 5.41) is 4.47.